The number of hydrogen-bond acceptors (Lipinski definition) is 6. The number of oxazole rings is 1. The van der Waals surface area contributed by atoms with Crippen molar-refractivity contribution in [2.75, 3.05) is 18.5 Å². The number of Topliss-reactive ketones (excluding diaryl/α,β-unsaturated/α-hetero) is 1. The number of carboxylic acids is 1. The Bertz CT molecular complexity index is 1120. The minimum absolute atomic E-state index is 0.0235. The van der Waals surface area contributed by atoms with Gasteiger partial charge in [-0.3, -0.25) is 9.59 Å². The zero-order chi connectivity index (χ0) is 23.4. The van der Waals surface area contributed by atoms with Gasteiger partial charge < -0.3 is 19.5 Å². The Balaban J connectivity index is 1.74. The molecule has 7 nitrogen and oxygen atoms in total. The molecule has 0 saturated carbocycles. The number of halogens is 1. The number of ketones is 1. The quantitative estimate of drug-likeness (QED) is 0.428. The second-order valence-corrected chi connectivity index (χ2v) is 8.30. The molecule has 1 heterocycles. The molecule has 0 aliphatic rings. The summed E-state index contributed by atoms with van der Waals surface area (Å²) >= 11 is 5.91. The van der Waals surface area contributed by atoms with Crippen LogP contribution in [0.25, 0.3) is 11.5 Å². The number of nitrogens with zero attached hydrogens (tertiary/aromatic N) is 2. The largest absolute Gasteiger partial charge is 0.507 e. The molecule has 32 heavy (non-hydrogen) atoms. The van der Waals surface area contributed by atoms with Crippen LogP contribution in [0.15, 0.2) is 46.9 Å². The Hall–Kier alpha value is -3.32. The molecule has 0 saturated heterocycles. The number of aryl methyl sites for hydroxylation is 1. The summed E-state index contributed by atoms with van der Waals surface area (Å²) in [6.45, 7) is 3.83. The van der Waals surface area contributed by atoms with Crippen LogP contribution in [0, 0.1) is 0 Å². The van der Waals surface area contributed by atoms with E-state index < -0.39 is 5.97 Å². The lowest BCUT2D eigenvalue weighted by Crippen LogP contribution is -2.25. The summed E-state index contributed by atoms with van der Waals surface area (Å²) in [6, 6.07) is 11.6. The third-order valence-corrected chi connectivity index (χ3v) is 5.27. The Labute approximate surface area is 191 Å². The van der Waals surface area contributed by atoms with Crippen LogP contribution < -0.4 is 4.90 Å². The topological polar surface area (TPSA) is 104 Å². The van der Waals surface area contributed by atoms with Gasteiger partial charge in [0, 0.05) is 42.1 Å². The van der Waals surface area contributed by atoms with Crippen LogP contribution in [0.2, 0.25) is 5.02 Å². The SMILES string of the molecule is CC(C)c1oc(-c2ccc(Cl)cc2O)nc1CCC(=O)c1ccc(N(C)CC(=O)O)cc1. The molecule has 0 fully saturated rings. The van der Waals surface area contributed by atoms with Gasteiger partial charge in [0.1, 0.15) is 18.1 Å². The second kappa shape index (κ2) is 9.87. The summed E-state index contributed by atoms with van der Waals surface area (Å²) in [5.74, 6) is 0.0203. The molecule has 3 rings (SSSR count). The molecule has 0 unspecified atom stereocenters. The number of carbonyl (C=O) groups is 2. The molecule has 0 amide bonds. The summed E-state index contributed by atoms with van der Waals surface area (Å²) in [6.07, 6.45) is 0.632. The van der Waals surface area contributed by atoms with Crippen molar-refractivity contribution in [2.24, 2.45) is 0 Å². The number of likely N-dealkylation sites (N-methyl/N-ethyl adjacent to an activating group) is 1. The van der Waals surface area contributed by atoms with Crippen molar-refractivity contribution < 1.29 is 24.2 Å². The second-order valence-electron chi connectivity index (χ2n) is 7.87. The molecule has 2 N–H and O–H groups in total. The van der Waals surface area contributed by atoms with Gasteiger partial charge in [-0.15, -0.1) is 0 Å². The highest BCUT2D eigenvalue weighted by Gasteiger charge is 2.20. The van der Waals surface area contributed by atoms with Crippen LogP contribution in [0.4, 0.5) is 5.69 Å². The number of benzene rings is 2. The number of phenolic OH excluding ortho intramolecular Hbond substituents is 1. The van der Waals surface area contributed by atoms with Gasteiger partial charge in [-0.25, -0.2) is 4.98 Å². The van der Waals surface area contributed by atoms with Gasteiger partial charge in [-0.05, 0) is 42.5 Å². The maximum atomic E-state index is 12.7. The molecule has 8 heteroatoms. The first-order valence-corrected chi connectivity index (χ1v) is 10.6. The van der Waals surface area contributed by atoms with Gasteiger partial charge in [0.25, 0.3) is 0 Å². The number of hydrogen-bond donors (Lipinski definition) is 2. The number of rotatable bonds is 9. The van der Waals surface area contributed by atoms with E-state index in [4.69, 9.17) is 21.1 Å². The zero-order valence-electron chi connectivity index (χ0n) is 18.1. The summed E-state index contributed by atoms with van der Waals surface area (Å²) < 4.78 is 5.92. The third kappa shape index (κ3) is 5.48. The summed E-state index contributed by atoms with van der Waals surface area (Å²) in [5, 5.41) is 19.5. The van der Waals surface area contributed by atoms with E-state index in [9.17, 15) is 14.7 Å². The Morgan fingerprint density at radius 2 is 1.84 bits per heavy atom. The molecule has 0 aliphatic carbocycles. The standard InChI is InChI=1S/C24H25ClN2O5/c1-14(2)23-19(26-24(32-23)18-9-6-16(25)12-21(18)29)10-11-20(28)15-4-7-17(8-5-15)27(3)13-22(30)31/h4-9,12,14,29H,10-11,13H2,1-3H3,(H,30,31). The maximum absolute atomic E-state index is 12.7. The average Bonchev–Trinajstić information content (AvgIpc) is 3.16. The van der Waals surface area contributed by atoms with Gasteiger partial charge >= 0.3 is 5.97 Å². The molecule has 168 valence electrons. The van der Waals surface area contributed by atoms with Crippen molar-refractivity contribution in [1.82, 2.24) is 4.98 Å². The van der Waals surface area contributed by atoms with Crippen molar-refractivity contribution in [3.63, 3.8) is 0 Å². The fraction of sp³-hybridized carbons (Fsp3) is 0.292. The van der Waals surface area contributed by atoms with E-state index in [-0.39, 0.29) is 36.3 Å². The first kappa shape index (κ1) is 23.3. The molecule has 0 spiro atoms. The number of aliphatic carboxylic acids is 1. The van der Waals surface area contributed by atoms with Crippen molar-refractivity contribution in [1.29, 1.82) is 0 Å². The number of carboxylic acid groups (broad SMARTS) is 1. The van der Waals surface area contributed by atoms with Gasteiger partial charge in [0.2, 0.25) is 5.89 Å². The van der Waals surface area contributed by atoms with Crippen LogP contribution >= 0.6 is 11.6 Å². The molecular formula is C24H25ClN2O5. The Kier molecular flexibility index (Phi) is 7.20. The van der Waals surface area contributed by atoms with E-state index in [0.29, 0.717) is 34.0 Å². The van der Waals surface area contributed by atoms with Crippen LogP contribution in [-0.2, 0) is 11.2 Å². The average molecular weight is 457 g/mol. The number of aromatic nitrogens is 1. The number of aromatic hydroxyl groups is 1. The number of anilines is 1. The molecular weight excluding hydrogens is 432 g/mol. The number of carbonyl (C=O) groups excluding carboxylic acids is 1. The normalized spacial score (nSPS) is 11.0. The molecule has 0 bridgehead atoms. The van der Waals surface area contributed by atoms with Crippen molar-refractivity contribution in [3.05, 3.63) is 64.5 Å². The van der Waals surface area contributed by atoms with E-state index in [1.54, 1.807) is 48.3 Å². The lowest BCUT2D eigenvalue weighted by molar-refractivity contribution is -0.135. The van der Waals surface area contributed by atoms with E-state index >= 15 is 0 Å². The molecule has 0 radical (unpaired) electrons. The predicted molar refractivity (Wildman–Crippen MR) is 123 cm³/mol. The van der Waals surface area contributed by atoms with Crippen LogP contribution in [0.1, 0.15) is 48.0 Å². The fourth-order valence-corrected chi connectivity index (χ4v) is 3.53. The van der Waals surface area contributed by atoms with E-state index in [1.807, 2.05) is 13.8 Å². The third-order valence-electron chi connectivity index (χ3n) is 5.03. The van der Waals surface area contributed by atoms with Gasteiger partial charge in [0.05, 0.1) is 11.3 Å². The summed E-state index contributed by atoms with van der Waals surface area (Å²) in [5.41, 5.74) is 2.38. The predicted octanol–water partition coefficient (Wildman–Crippen LogP) is 5.16. The Morgan fingerprint density at radius 3 is 2.44 bits per heavy atom. The first-order chi connectivity index (χ1) is 15.2. The molecule has 0 aliphatic heterocycles. The van der Waals surface area contributed by atoms with Crippen molar-refractivity contribution in [2.45, 2.75) is 32.6 Å². The fourth-order valence-electron chi connectivity index (χ4n) is 3.37. The molecule has 0 atom stereocenters. The highest BCUT2D eigenvalue weighted by atomic mass is 35.5. The molecule has 1 aromatic heterocycles. The smallest absolute Gasteiger partial charge is 0.323 e. The molecule has 3 aromatic rings. The van der Waals surface area contributed by atoms with E-state index in [1.165, 1.54) is 6.07 Å². The molecule has 2 aromatic carbocycles. The monoisotopic (exact) mass is 456 g/mol. The highest BCUT2D eigenvalue weighted by Crippen LogP contribution is 2.34. The van der Waals surface area contributed by atoms with E-state index in [2.05, 4.69) is 4.98 Å². The van der Waals surface area contributed by atoms with E-state index in [0.717, 1.165) is 5.69 Å². The van der Waals surface area contributed by atoms with Gasteiger partial charge in [0.15, 0.2) is 5.78 Å². The lowest BCUT2D eigenvalue weighted by atomic mass is 10.0. The first-order valence-electron chi connectivity index (χ1n) is 10.2. The van der Waals surface area contributed by atoms with Crippen molar-refractivity contribution in [3.8, 4) is 17.2 Å². The van der Waals surface area contributed by atoms with Gasteiger partial charge in [-0.2, -0.15) is 0 Å². The van der Waals surface area contributed by atoms with Crippen LogP contribution in [0.5, 0.6) is 5.75 Å². The summed E-state index contributed by atoms with van der Waals surface area (Å²) in [7, 11) is 1.68. The zero-order valence-corrected chi connectivity index (χ0v) is 18.9. The lowest BCUT2D eigenvalue weighted by Gasteiger charge is -2.16. The summed E-state index contributed by atoms with van der Waals surface area (Å²) in [4.78, 5) is 29.7. The van der Waals surface area contributed by atoms with Crippen LogP contribution in [-0.4, -0.2) is 40.5 Å². The maximum Gasteiger partial charge on any atom is 0.323 e. The minimum Gasteiger partial charge on any atom is -0.507 e. The number of phenols is 1. The minimum atomic E-state index is -0.924. The van der Waals surface area contributed by atoms with Crippen LogP contribution in [0.3, 0.4) is 0 Å². The van der Waals surface area contributed by atoms with Gasteiger partial charge in [-0.1, -0.05) is 25.4 Å². The van der Waals surface area contributed by atoms with Crippen molar-refractivity contribution >= 4 is 29.0 Å². The Morgan fingerprint density at radius 1 is 1.16 bits per heavy atom. The highest BCUT2D eigenvalue weighted by molar-refractivity contribution is 6.30.